The van der Waals surface area contributed by atoms with Gasteiger partial charge < -0.3 is 15.3 Å². The second kappa shape index (κ2) is 13.3. The SMILES string of the molecule is O=C(CN1C(=O)[C@H](CCO)[C@H]1[S@](=O)Cc1ccccc1)NCCCCCCc1ccc(F)cc1. The van der Waals surface area contributed by atoms with Crippen molar-refractivity contribution in [3.63, 3.8) is 0 Å². The number of rotatable bonds is 14. The number of hydrogen-bond donors (Lipinski definition) is 2. The maximum absolute atomic E-state index is 13.0. The lowest BCUT2D eigenvalue weighted by Crippen LogP contribution is -2.64. The van der Waals surface area contributed by atoms with Crippen LogP contribution in [0.5, 0.6) is 0 Å². The minimum Gasteiger partial charge on any atom is -0.396 e. The van der Waals surface area contributed by atoms with E-state index in [1.165, 1.54) is 17.0 Å². The van der Waals surface area contributed by atoms with Crippen molar-refractivity contribution in [1.82, 2.24) is 10.2 Å². The minimum atomic E-state index is -1.36. The lowest BCUT2D eigenvalue weighted by molar-refractivity contribution is -0.154. The van der Waals surface area contributed by atoms with Gasteiger partial charge in [-0.3, -0.25) is 13.8 Å². The molecule has 184 valence electrons. The summed E-state index contributed by atoms with van der Waals surface area (Å²) in [6.07, 6.45) is 4.97. The van der Waals surface area contributed by atoms with E-state index < -0.39 is 22.1 Å². The number of nitrogens with zero attached hydrogens (tertiary/aromatic N) is 1. The van der Waals surface area contributed by atoms with E-state index in [0.717, 1.165) is 43.2 Å². The van der Waals surface area contributed by atoms with Gasteiger partial charge in [-0.05, 0) is 48.9 Å². The fourth-order valence-corrected chi connectivity index (χ4v) is 5.99. The van der Waals surface area contributed by atoms with Crippen LogP contribution in [0.2, 0.25) is 0 Å². The molecule has 3 rings (SSSR count). The third-order valence-electron chi connectivity index (χ3n) is 6.05. The Bertz CT molecular complexity index is 955. The number of likely N-dealkylation sites (tertiary alicyclic amines) is 1. The first-order valence-corrected chi connectivity index (χ1v) is 13.2. The van der Waals surface area contributed by atoms with Crippen LogP contribution >= 0.6 is 0 Å². The highest BCUT2D eigenvalue weighted by Gasteiger charge is 2.50. The number of aliphatic hydroxyl groups excluding tert-OH is 1. The Morgan fingerprint density at radius 3 is 2.41 bits per heavy atom. The van der Waals surface area contributed by atoms with Crippen LogP contribution in [0.4, 0.5) is 4.39 Å². The molecule has 0 unspecified atom stereocenters. The number of amides is 2. The molecule has 34 heavy (non-hydrogen) atoms. The van der Waals surface area contributed by atoms with Crippen molar-refractivity contribution in [3.8, 4) is 0 Å². The zero-order valence-corrected chi connectivity index (χ0v) is 20.1. The molecule has 0 saturated carbocycles. The Kier molecular flexibility index (Phi) is 10.2. The molecule has 1 saturated heterocycles. The molecule has 1 heterocycles. The molecule has 2 amide bonds. The number of unbranched alkanes of at least 4 members (excludes halogenated alkanes) is 3. The van der Waals surface area contributed by atoms with Crippen LogP contribution in [0.15, 0.2) is 54.6 Å². The third-order valence-corrected chi connectivity index (χ3v) is 7.79. The van der Waals surface area contributed by atoms with Gasteiger partial charge in [-0.1, -0.05) is 55.3 Å². The van der Waals surface area contributed by atoms with Crippen LogP contribution in [0.3, 0.4) is 0 Å². The molecule has 3 atom stereocenters. The predicted molar refractivity (Wildman–Crippen MR) is 131 cm³/mol. The summed E-state index contributed by atoms with van der Waals surface area (Å²) in [6.45, 7) is 0.252. The van der Waals surface area contributed by atoms with E-state index in [1.807, 2.05) is 30.3 Å². The maximum Gasteiger partial charge on any atom is 0.239 e. The van der Waals surface area contributed by atoms with E-state index in [0.29, 0.717) is 12.3 Å². The van der Waals surface area contributed by atoms with Crippen molar-refractivity contribution in [1.29, 1.82) is 0 Å². The maximum atomic E-state index is 13.0. The zero-order chi connectivity index (χ0) is 24.3. The van der Waals surface area contributed by atoms with Gasteiger partial charge in [-0.25, -0.2) is 4.39 Å². The number of carbonyl (C=O) groups is 2. The number of nitrogens with one attached hydrogen (secondary N) is 1. The van der Waals surface area contributed by atoms with E-state index >= 15 is 0 Å². The Hall–Kier alpha value is -2.58. The molecule has 6 nitrogen and oxygen atoms in total. The van der Waals surface area contributed by atoms with Crippen LogP contribution in [0, 0.1) is 11.7 Å². The van der Waals surface area contributed by atoms with E-state index in [1.54, 1.807) is 12.1 Å². The second-order valence-corrected chi connectivity index (χ2v) is 10.2. The van der Waals surface area contributed by atoms with Gasteiger partial charge in [-0.15, -0.1) is 0 Å². The van der Waals surface area contributed by atoms with Crippen LogP contribution in [0.1, 0.15) is 43.2 Å². The standard InChI is InChI=1S/C26H33FN2O4S/c27-22-13-11-20(12-14-22)8-4-1-2-7-16-28-24(31)18-29-25(32)23(15-17-30)26(29)34(33)19-21-9-5-3-6-10-21/h3,5-6,9-14,23,26,30H,1-2,4,7-8,15-19H2,(H,28,31)/t23-,26+,34+/m0/s1. The van der Waals surface area contributed by atoms with Crippen molar-refractivity contribution >= 4 is 22.6 Å². The number of β-lactam (4-membered cyclic amide) rings is 1. The molecule has 0 aliphatic carbocycles. The summed E-state index contributed by atoms with van der Waals surface area (Å²) < 4.78 is 25.9. The number of aliphatic hydroxyl groups is 1. The number of benzene rings is 2. The molecular weight excluding hydrogens is 455 g/mol. The van der Waals surface area contributed by atoms with Crippen molar-refractivity contribution in [2.45, 2.75) is 49.7 Å². The Morgan fingerprint density at radius 2 is 1.71 bits per heavy atom. The fourth-order valence-electron chi connectivity index (χ4n) is 4.21. The summed E-state index contributed by atoms with van der Waals surface area (Å²) in [6, 6.07) is 16.0. The molecule has 0 spiro atoms. The van der Waals surface area contributed by atoms with Gasteiger partial charge in [0.1, 0.15) is 17.7 Å². The summed E-state index contributed by atoms with van der Waals surface area (Å²) in [4.78, 5) is 26.3. The van der Waals surface area contributed by atoms with Crippen LogP contribution < -0.4 is 5.32 Å². The van der Waals surface area contributed by atoms with Gasteiger partial charge in [-0.2, -0.15) is 0 Å². The predicted octanol–water partition coefficient (Wildman–Crippen LogP) is 3.16. The summed E-state index contributed by atoms with van der Waals surface area (Å²) >= 11 is 0. The quantitative estimate of drug-likeness (QED) is 0.316. The van der Waals surface area contributed by atoms with Gasteiger partial charge in [0.2, 0.25) is 11.8 Å². The Labute approximate surface area is 203 Å². The van der Waals surface area contributed by atoms with Gasteiger partial charge in [0, 0.05) is 24.0 Å². The fraction of sp³-hybridized carbons (Fsp3) is 0.462. The third kappa shape index (κ3) is 7.46. The molecule has 2 aromatic rings. The largest absolute Gasteiger partial charge is 0.396 e. The monoisotopic (exact) mass is 488 g/mol. The van der Waals surface area contributed by atoms with Crippen LogP contribution in [0.25, 0.3) is 0 Å². The Balaban J connectivity index is 1.37. The molecule has 2 aromatic carbocycles. The van der Waals surface area contributed by atoms with Gasteiger partial charge in [0.25, 0.3) is 0 Å². The first-order chi connectivity index (χ1) is 16.5. The van der Waals surface area contributed by atoms with Crippen LogP contribution in [-0.4, -0.2) is 51.1 Å². The molecule has 1 fully saturated rings. The lowest BCUT2D eigenvalue weighted by Gasteiger charge is -2.45. The molecule has 2 N–H and O–H groups in total. The molecule has 8 heteroatoms. The first kappa shape index (κ1) is 26.0. The van der Waals surface area contributed by atoms with Crippen molar-refractivity contribution in [2.24, 2.45) is 5.92 Å². The number of aryl methyl sites for hydroxylation is 1. The first-order valence-electron chi connectivity index (χ1n) is 11.8. The average molecular weight is 489 g/mol. The van der Waals surface area contributed by atoms with E-state index in [-0.39, 0.29) is 37.2 Å². The van der Waals surface area contributed by atoms with E-state index in [2.05, 4.69) is 5.32 Å². The second-order valence-electron chi connectivity index (χ2n) is 8.63. The highest BCUT2D eigenvalue weighted by atomic mass is 32.2. The molecule has 0 radical (unpaired) electrons. The molecule has 0 bridgehead atoms. The van der Waals surface area contributed by atoms with E-state index in [4.69, 9.17) is 0 Å². The number of halogens is 1. The highest BCUT2D eigenvalue weighted by molar-refractivity contribution is 7.85. The molecule has 1 aliphatic rings. The molecule has 0 aromatic heterocycles. The van der Waals surface area contributed by atoms with Crippen molar-refractivity contribution < 1.29 is 23.3 Å². The van der Waals surface area contributed by atoms with Gasteiger partial charge >= 0.3 is 0 Å². The molecular formula is C26H33FN2O4S. The zero-order valence-electron chi connectivity index (χ0n) is 19.3. The summed E-state index contributed by atoms with van der Waals surface area (Å²) in [7, 11) is -1.36. The summed E-state index contributed by atoms with van der Waals surface area (Å²) in [5.41, 5.74) is 2.03. The molecule has 1 aliphatic heterocycles. The van der Waals surface area contributed by atoms with Crippen molar-refractivity contribution in [3.05, 3.63) is 71.5 Å². The normalized spacial score (nSPS) is 18.4. The Morgan fingerprint density at radius 1 is 1.00 bits per heavy atom. The van der Waals surface area contributed by atoms with Gasteiger partial charge in [0.05, 0.1) is 11.7 Å². The average Bonchev–Trinajstić information content (AvgIpc) is 2.84. The smallest absolute Gasteiger partial charge is 0.239 e. The summed E-state index contributed by atoms with van der Waals surface area (Å²) in [5, 5.41) is 11.6. The number of hydrogen-bond acceptors (Lipinski definition) is 4. The summed E-state index contributed by atoms with van der Waals surface area (Å²) in [5.74, 6) is -0.919. The van der Waals surface area contributed by atoms with Gasteiger partial charge in [0.15, 0.2) is 0 Å². The van der Waals surface area contributed by atoms with Crippen LogP contribution in [-0.2, 0) is 32.6 Å². The highest BCUT2D eigenvalue weighted by Crippen LogP contribution is 2.32. The number of carbonyl (C=O) groups excluding carboxylic acids is 2. The lowest BCUT2D eigenvalue weighted by atomic mass is 9.95. The minimum absolute atomic E-state index is 0.115. The van der Waals surface area contributed by atoms with E-state index in [9.17, 15) is 23.3 Å². The van der Waals surface area contributed by atoms with Crippen molar-refractivity contribution in [2.75, 3.05) is 19.7 Å². The topological polar surface area (TPSA) is 86.7 Å².